The molecule has 3 nitrogen and oxygen atoms in total. The van der Waals surface area contributed by atoms with Crippen molar-refractivity contribution in [1.29, 1.82) is 0 Å². The number of pyridine rings is 1. The van der Waals surface area contributed by atoms with E-state index in [1.807, 2.05) is 30.3 Å². The van der Waals surface area contributed by atoms with E-state index in [4.69, 9.17) is 0 Å². The molecule has 1 aromatic carbocycles. The minimum absolute atomic E-state index is 0.0468. The molecule has 0 aliphatic carbocycles. The predicted octanol–water partition coefficient (Wildman–Crippen LogP) is 3.20. The van der Waals surface area contributed by atoms with Gasteiger partial charge in [0.25, 0.3) is 0 Å². The van der Waals surface area contributed by atoms with Crippen LogP contribution in [0.2, 0.25) is 0 Å². The Morgan fingerprint density at radius 1 is 1.26 bits per heavy atom. The molecule has 1 N–H and O–H groups in total. The Bertz CT molecular complexity index is 585. The first kappa shape index (κ1) is 13.7. The Kier molecular flexibility index (Phi) is 3.96. The van der Waals surface area contributed by atoms with Crippen molar-refractivity contribution in [1.82, 2.24) is 10.3 Å². The van der Waals surface area contributed by atoms with Crippen LogP contribution in [-0.4, -0.2) is 22.9 Å². The van der Waals surface area contributed by atoms with Gasteiger partial charge in [0, 0.05) is 35.7 Å². The van der Waals surface area contributed by atoms with E-state index in [9.17, 15) is 4.79 Å². The minimum atomic E-state index is 0.0468. The minimum Gasteiger partial charge on any atom is -0.312 e. The zero-order chi connectivity index (χ0) is 13.9. The SMILES string of the molecule is CC(C)(C)NCCC(=O)c1ccc2cccnc2c1. The van der Waals surface area contributed by atoms with Gasteiger partial charge in [-0.2, -0.15) is 0 Å². The van der Waals surface area contributed by atoms with E-state index >= 15 is 0 Å². The van der Waals surface area contributed by atoms with Crippen molar-refractivity contribution in [2.75, 3.05) is 6.54 Å². The maximum Gasteiger partial charge on any atom is 0.164 e. The number of ketones is 1. The largest absolute Gasteiger partial charge is 0.312 e. The van der Waals surface area contributed by atoms with E-state index < -0.39 is 0 Å². The monoisotopic (exact) mass is 256 g/mol. The number of fused-ring (bicyclic) bond motifs is 1. The van der Waals surface area contributed by atoms with Crippen molar-refractivity contribution in [3.63, 3.8) is 0 Å². The second kappa shape index (κ2) is 5.49. The molecule has 0 saturated heterocycles. The Morgan fingerprint density at radius 3 is 2.79 bits per heavy atom. The topological polar surface area (TPSA) is 42.0 Å². The Labute approximate surface area is 114 Å². The molecular formula is C16H20N2O. The van der Waals surface area contributed by atoms with Gasteiger partial charge in [-0.3, -0.25) is 9.78 Å². The lowest BCUT2D eigenvalue weighted by Gasteiger charge is -2.20. The van der Waals surface area contributed by atoms with Crippen LogP contribution in [0.5, 0.6) is 0 Å². The van der Waals surface area contributed by atoms with Crippen LogP contribution < -0.4 is 5.32 Å². The van der Waals surface area contributed by atoms with Crippen molar-refractivity contribution in [3.8, 4) is 0 Å². The molecule has 2 rings (SSSR count). The maximum absolute atomic E-state index is 12.1. The summed E-state index contributed by atoms with van der Waals surface area (Å²) in [5, 5.41) is 4.39. The first-order valence-corrected chi connectivity index (χ1v) is 6.59. The lowest BCUT2D eigenvalue weighted by atomic mass is 10.0. The lowest BCUT2D eigenvalue weighted by Crippen LogP contribution is -2.37. The zero-order valence-electron chi connectivity index (χ0n) is 11.7. The second-order valence-electron chi connectivity index (χ2n) is 5.76. The van der Waals surface area contributed by atoms with E-state index in [1.165, 1.54) is 0 Å². The van der Waals surface area contributed by atoms with Crippen LogP contribution >= 0.6 is 0 Å². The van der Waals surface area contributed by atoms with Gasteiger partial charge in [0.1, 0.15) is 0 Å². The first-order chi connectivity index (χ1) is 8.96. The quantitative estimate of drug-likeness (QED) is 0.854. The van der Waals surface area contributed by atoms with Crippen molar-refractivity contribution < 1.29 is 4.79 Å². The molecule has 0 saturated carbocycles. The number of nitrogens with one attached hydrogen (secondary N) is 1. The number of nitrogens with zero attached hydrogens (tertiary/aromatic N) is 1. The van der Waals surface area contributed by atoms with E-state index in [1.54, 1.807) is 6.20 Å². The molecule has 0 radical (unpaired) electrons. The van der Waals surface area contributed by atoms with Gasteiger partial charge in [-0.05, 0) is 32.9 Å². The highest BCUT2D eigenvalue weighted by molar-refractivity contribution is 5.99. The summed E-state index contributed by atoms with van der Waals surface area (Å²) in [4.78, 5) is 16.4. The van der Waals surface area contributed by atoms with Crippen molar-refractivity contribution in [2.24, 2.45) is 0 Å². The smallest absolute Gasteiger partial charge is 0.164 e. The van der Waals surface area contributed by atoms with Crippen molar-refractivity contribution >= 4 is 16.7 Å². The number of rotatable bonds is 4. The fourth-order valence-corrected chi connectivity index (χ4v) is 1.94. The number of hydrogen-bond donors (Lipinski definition) is 1. The number of benzene rings is 1. The van der Waals surface area contributed by atoms with E-state index in [0.717, 1.165) is 16.5 Å². The number of hydrogen-bond acceptors (Lipinski definition) is 3. The summed E-state index contributed by atoms with van der Waals surface area (Å²) in [5.74, 6) is 0.157. The molecule has 2 aromatic rings. The van der Waals surface area contributed by atoms with Crippen LogP contribution in [-0.2, 0) is 0 Å². The van der Waals surface area contributed by atoms with Gasteiger partial charge in [0.15, 0.2) is 5.78 Å². The molecule has 0 aliphatic rings. The van der Waals surface area contributed by atoms with Gasteiger partial charge in [0.05, 0.1) is 5.52 Å². The summed E-state index contributed by atoms with van der Waals surface area (Å²) in [6.07, 6.45) is 2.26. The molecule has 0 fully saturated rings. The summed E-state index contributed by atoms with van der Waals surface area (Å²) in [6, 6.07) is 9.60. The summed E-state index contributed by atoms with van der Waals surface area (Å²) < 4.78 is 0. The van der Waals surface area contributed by atoms with Crippen LogP contribution in [0.15, 0.2) is 36.5 Å². The summed E-state index contributed by atoms with van der Waals surface area (Å²) >= 11 is 0. The van der Waals surface area contributed by atoms with E-state index in [0.29, 0.717) is 13.0 Å². The third kappa shape index (κ3) is 3.86. The molecule has 0 aliphatic heterocycles. The number of carbonyl (C=O) groups excluding carboxylic acids is 1. The summed E-state index contributed by atoms with van der Waals surface area (Å²) in [6.45, 7) is 6.98. The molecule has 0 atom stereocenters. The molecule has 100 valence electrons. The third-order valence-electron chi connectivity index (χ3n) is 2.94. The summed E-state index contributed by atoms with van der Waals surface area (Å²) in [5.41, 5.74) is 1.66. The highest BCUT2D eigenvalue weighted by Crippen LogP contribution is 2.14. The van der Waals surface area contributed by atoms with E-state index in [-0.39, 0.29) is 11.3 Å². The summed E-state index contributed by atoms with van der Waals surface area (Å²) in [7, 11) is 0. The molecule has 3 heteroatoms. The van der Waals surface area contributed by atoms with Gasteiger partial charge < -0.3 is 5.32 Å². The normalized spacial score (nSPS) is 11.7. The molecule has 0 amide bonds. The van der Waals surface area contributed by atoms with Crippen LogP contribution in [0.3, 0.4) is 0 Å². The number of aromatic nitrogens is 1. The van der Waals surface area contributed by atoms with Crippen LogP contribution in [0.25, 0.3) is 10.9 Å². The molecular weight excluding hydrogens is 236 g/mol. The fraction of sp³-hybridized carbons (Fsp3) is 0.375. The predicted molar refractivity (Wildman–Crippen MR) is 78.4 cm³/mol. The average molecular weight is 256 g/mol. The van der Waals surface area contributed by atoms with E-state index in [2.05, 4.69) is 31.1 Å². The van der Waals surface area contributed by atoms with Crippen LogP contribution in [0, 0.1) is 0 Å². The van der Waals surface area contributed by atoms with Crippen molar-refractivity contribution in [3.05, 3.63) is 42.1 Å². The molecule has 0 bridgehead atoms. The average Bonchev–Trinajstić information content (AvgIpc) is 2.36. The standard InChI is InChI=1S/C16H20N2O/c1-16(2,3)18-10-8-15(19)13-7-6-12-5-4-9-17-14(12)11-13/h4-7,9,11,18H,8,10H2,1-3H3. The molecule has 1 heterocycles. The first-order valence-electron chi connectivity index (χ1n) is 6.59. The highest BCUT2D eigenvalue weighted by atomic mass is 16.1. The molecule has 1 aromatic heterocycles. The molecule has 0 spiro atoms. The van der Waals surface area contributed by atoms with Crippen LogP contribution in [0.4, 0.5) is 0 Å². The number of Topliss-reactive ketones (excluding diaryl/α,β-unsaturated/α-hetero) is 1. The Morgan fingerprint density at radius 2 is 2.05 bits per heavy atom. The van der Waals surface area contributed by atoms with Gasteiger partial charge in [-0.15, -0.1) is 0 Å². The lowest BCUT2D eigenvalue weighted by molar-refractivity contribution is 0.0980. The zero-order valence-corrected chi connectivity index (χ0v) is 11.7. The van der Waals surface area contributed by atoms with Crippen molar-refractivity contribution in [2.45, 2.75) is 32.7 Å². The van der Waals surface area contributed by atoms with Gasteiger partial charge in [-0.25, -0.2) is 0 Å². The molecule has 0 unspecified atom stereocenters. The second-order valence-corrected chi connectivity index (χ2v) is 5.76. The fourth-order valence-electron chi connectivity index (χ4n) is 1.94. The Balaban J connectivity index is 2.05. The van der Waals surface area contributed by atoms with Crippen LogP contribution in [0.1, 0.15) is 37.6 Å². The van der Waals surface area contributed by atoms with Gasteiger partial charge >= 0.3 is 0 Å². The third-order valence-corrected chi connectivity index (χ3v) is 2.94. The maximum atomic E-state index is 12.1. The number of carbonyl (C=O) groups is 1. The van der Waals surface area contributed by atoms with Gasteiger partial charge in [0.2, 0.25) is 0 Å². The van der Waals surface area contributed by atoms with Gasteiger partial charge in [-0.1, -0.05) is 18.2 Å². The Hall–Kier alpha value is -1.74. The highest BCUT2D eigenvalue weighted by Gasteiger charge is 2.11. The molecule has 19 heavy (non-hydrogen) atoms.